The van der Waals surface area contributed by atoms with Crippen LogP contribution in [0.4, 0.5) is 0 Å². The quantitative estimate of drug-likeness (QED) is 0.760. The monoisotopic (exact) mass is 206 g/mol. The van der Waals surface area contributed by atoms with Crippen molar-refractivity contribution in [3.05, 3.63) is 23.3 Å². The van der Waals surface area contributed by atoms with E-state index in [2.05, 4.69) is 0 Å². The molecule has 0 amide bonds. The van der Waals surface area contributed by atoms with E-state index in [1.807, 2.05) is 19.1 Å². The highest BCUT2D eigenvalue weighted by molar-refractivity contribution is 5.51. The van der Waals surface area contributed by atoms with E-state index in [1.165, 1.54) is 0 Å². The summed E-state index contributed by atoms with van der Waals surface area (Å²) in [4.78, 5) is 0. The molecule has 1 saturated carbocycles. The van der Waals surface area contributed by atoms with Crippen LogP contribution >= 0.6 is 0 Å². The number of rotatable bonds is 1. The Morgan fingerprint density at radius 2 is 1.93 bits per heavy atom. The minimum Gasteiger partial charge on any atom is -0.486 e. The predicted molar refractivity (Wildman–Crippen MR) is 55.3 cm³/mol. The lowest BCUT2D eigenvalue weighted by atomic mass is 10.0. The Morgan fingerprint density at radius 1 is 1.20 bits per heavy atom. The second kappa shape index (κ2) is 2.89. The second-order valence-electron chi connectivity index (χ2n) is 4.35. The van der Waals surface area contributed by atoms with E-state index in [-0.39, 0.29) is 0 Å². The van der Waals surface area contributed by atoms with Crippen molar-refractivity contribution in [2.24, 2.45) is 0 Å². The molecule has 1 N–H and O–H groups in total. The van der Waals surface area contributed by atoms with Gasteiger partial charge in [-0.25, -0.2) is 0 Å². The fourth-order valence-electron chi connectivity index (χ4n) is 2.00. The van der Waals surface area contributed by atoms with Crippen molar-refractivity contribution < 1.29 is 14.6 Å². The molecule has 0 bridgehead atoms. The van der Waals surface area contributed by atoms with Crippen molar-refractivity contribution in [2.75, 3.05) is 13.2 Å². The third-order valence-corrected chi connectivity index (χ3v) is 3.09. The molecule has 1 heterocycles. The average molecular weight is 206 g/mol. The minimum atomic E-state index is -0.597. The maximum absolute atomic E-state index is 10.0. The molecular formula is C12H14O3. The molecule has 3 heteroatoms. The Labute approximate surface area is 88.6 Å². The maximum Gasteiger partial charge on any atom is 0.164 e. The van der Waals surface area contributed by atoms with Gasteiger partial charge in [0.05, 0.1) is 5.60 Å². The fourth-order valence-corrected chi connectivity index (χ4v) is 2.00. The lowest BCUT2D eigenvalue weighted by molar-refractivity contribution is 0.147. The molecule has 0 atom stereocenters. The Hall–Kier alpha value is -1.22. The lowest BCUT2D eigenvalue weighted by Crippen LogP contribution is -2.17. The van der Waals surface area contributed by atoms with E-state index in [9.17, 15) is 5.11 Å². The fraction of sp³-hybridized carbons (Fsp3) is 0.500. The summed E-state index contributed by atoms with van der Waals surface area (Å²) in [5.41, 5.74) is 1.41. The average Bonchev–Trinajstić information content (AvgIpc) is 2.98. The molecule has 1 aliphatic carbocycles. The summed E-state index contributed by atoms with van der Waals surface area (Å²) in [6, 6.07) is 3.91. The van der Waals surface area contributed by atoms with Crippen LogP contribution < -0.4 is 9.47 Å². The van der Waals surface area contributed by atoms with Gasteiger partial charge in [0.15, 0.2) is 11.5 Å². The van der Waals surface area contributed by atoms with Crippen LogP contribution in [0.25, 0.3) is 0 Å². The van der Waals surface area contributed by atoms with Crippen molar-refractivity contribution in [3.8, 4) is 11.5 Å². The Morgan fingerprint density at radius 3 is 2.67 bits per heavy atom. The highest BCUT2D eigenvalue weighted by Gasteiger charge is 2.43. The molecule has 0 radical (unpaired) electrons. The zero-order valence-electron chi connectivity index (χ0n) is 8.75. The lowest BCUT2D eigenvalue weighted by Gasteiger charge is -2.22. The summed E-state index contributed by atoms with van der Waals surface area (Å²) in [5, 5.41) is 10.0. The molecular weight excluding hydrogens is 192 g/mol. The van der Waals surface area contributed by atoms with Crippen molar-refractivity contribution in [2.45, 2.75) is 25.4 Å². The Bertz CT molecular complexity index is 408. The van der Waals surface area contributed by atoms with Gasteiger partial charge in [0.2, 0.25) is 0 Å². The molecule has 1 aromatic carbocycles. The van der Waals surface area contributed by atoms with Gasteiger partial charge >= 0.3 is 0 Å². The summed E-state index contributed by atoms with van der Waals surface area (Å²) in [6.45, 7) is 3.19. The first kappa shape index (κ1) is 9.04. The van der Waals surface area contributed by atoms with Crippen LogP contribution in [-0.4, -0.2) is 18.3 Å². The molecule has 1 fully saturated rings. The number of hydrogen-bond donors (Lipinski definition) is 1. The van der Waals surface area contributed by atoms with E-state index in [0.29, 0.717) is 13.2 Å². The molecule has 3 rings (SSSR count). The largest absolute Gasteiger partial charge is 0.486 e. The molecule has 0 spiro atoms. The number of benzene rings is 1. The van der Waals surface area contributed by atoms with Crippen LogP contribution in [0.3, 0.4) is 0 Å². The standard InChI is InChI=1S/C12H14O3/c1-8-6-9(12(13)2-3-12)7-10-11(8)15-5-4-14-10/h6-7,13H,2-5H2,1H3. The molecule has 3 nitrogen and oxygen atoms in total. The molecule has 0 saturated heterocycles. The molecule has 0 unspecified atom stereocenters. The highest BCUT2D eigenvalue weighted by atomic mass is 16.6. The van der Waals surface area contributed by atoms with Crippen molar-refractivity contribution >= 4 is 0 Å². The topological polar surface area (TPSA) is 38.7 Å². The third-order valence-electron chi connectivity index (χ3n) is 3.09. The zero-order chi connectivity index (χ0) is 10.5. The Balaban J connectivity index is 2.08. The summed E-state index contributed by atoms with van der Waals surface area (Å²) < 4.78 is 11.1. The predicted octanol–water partition coefficient (Wildman–Crippen LogP) is 1.75. The van der Waals surface area contributed by atoms with Gasteiger partial charge in [0, 0.05) is 0 Å². The van der Waals surface area contributed by atoms with Crippen LogP contribution in [0.15, 0.2) is 12.1 Å². The van der Waals surface area contributed by atoms with Gasteiger partial charge in [-0.15, -0.1) is 0 Å². The summed E-state index contributed by atoms with van der Waals surface area (Å²) in [5.74, 6) is 1.60. The SMILES string of the molecule is Cc1cc(C2(O)CC2)cc2c1OCCO2. The van der Waals surface area contributed by atoms with E-state index in [4.69, 9.17) is 9.47 Å². The van der Waals surface area contributed by atoms with Gasteiger partial charge in [-0.1, -0.05) is 0 Å². The molecule has 1 aliphatic heterocycles. The van der Waals surface area contributed by atoms with Crippen LogP contribution in [0.5, 0.6) is 11.5 Å². The summed E-state index contributed by atoms with van der Waals surface area (Å²) in [7, 11) is 0. The molecule has 15 heavy (non-hydrogen) atoms. The van der Waals surface area contributed by atoms with Crippen LogP contribution in [0.2, 0.25) is 0 Å². The zero-order valence-corrected chi connectivity index (χ0v) is 8.75. The van der Waals surface area contributed by atoms with E-state index in [0.717, 1.165) is 35.5 Å². The first-order valence-corrected chi connectivity index (χ1v) is 5.32. The number of hydrogen-bond acceptors (Lipinski definition) is 3. The van der Waals surface area contributed by atoms with Gasteiger partial charge in [-0.3, -0.25) is 0 Å². The van der Waals surface area contributed by atoms with Gasteiger partial charge < -0.3 is 14.6 Å². The van der Waals surface area contributed by atoms with Crippen molar-refractivity contribution in [1.29, 1.82) is 0 Å². The first-order chi connectivity index (χ1) is 7.19. The van der Waals surface area contributed by atoms with Gasteiger partial charge in [0.25, 0.3) is 0 Å². The van der Waals surface area contributed by atoms with E-state index < -0.39 is 5.60 Å². The minimum absolute atomic E-state index is 0.592. The highest BCUT2D eigenvalue weighted by Crippen LogP contribution is 2.48. The summed E-state index contributed by atoms with van der Waals surface area (Å²) >= 11 is 0. The summed E-state index contributed by atoms with van der Waals surface area (Å²) in [6.07, 6.45) is 1.71. The van der Waals surface area contributed by atoms with Crippen LogP contribution in [-0.2, 0) is 5.60 Å². The second-order valence-corrected chi connectivity index (χ2v) is 4.35. The van der Waals surface area contributed by atoms with Gasteiger partial charge in [-0.2, -0.15) is 0 Å². The van der Waals surface area contributed by atoms with Crippen LogP contribution in [0, 0.1) is 6.92 Å². The molecule has 80 valence electrons. The van der Waals surface area contributed by atoms with Gasteiger partial charge in [-0.05, 0) is 43.0 Å². The van der Waals surface area contributed by atoms with E-state index in [1.54, 1.807) is 0 Å². The van der Waals surface area contributed by atoms with E-state index >= 15 is 0 Å². The maximum atomic E-state index is 10.0. The first-order valence-electron chi connectivity index (χ1n) is 5.32. The number of fused-ring (bicyclic) bond motifs is 1. The van der Waals surface area contributed by atoms with Crippen molar-refractivity contribution in [3.63, 3.8) is 0 Å². The van der Waals surface area contributed by atoms with Crippen molar-refractivity contribution in [1.82, 2.24) is 0 Å². The third kappa shape index (κ3) is 1.38. The molecule has 1 aromatic rings. The normalized spacial score (nSPS) is 21.2. The molecule has 0 aromatic heterocycles. The van der Waals surface area contributed by atoms with Gasteiger partial charge in [0.1, 0.15) is 13.2 Å². The smallest absolute Gasteiger partial charge is 0.164 e. The Kier molecular flexibility index (Phi) is 1.74. The number of aliphatic hydroxyl groups is 1. The van der Waals surface area contributed by atoms with Crippen LogP contribution in [0.1, 0.15) is 24.0 Å². The number of aryl methyl sites for hydroxylation is 1. The number of ether oxygens (including phenoxy) is 2. The molecule has 2 aliphatic rings.